The first-order valence-corrected chi connectivity index (χ1v) is 3.33. The van der Waals surface area contributed by atoms with Crippen molar-refractivity contribution in [3.8, 4) is 0 Å². The Morgan fingerprint density at radius 3 is 2.73 bits per heavy atom. The second kappa shape index (κ2) is 5.16. The molecule has 0 aliphatic heterocycles. The van der Waals surface area contributed by atoms with Crippen LogP contribution in [0.15, 0.2) is 18.7 Å². The van der Waals surface area contributed by atoms with Gasteiger partial charge in [0.25, 0.3) is 0 Å². The highest BCUT2D eigenvalue weighted by Gasteiger charge is 1.96. The van der Waals surface area contributed by atoms with E-state index in [1.807, 2.05) is 30.3 Å². The molecule has 64 valence electrons. The highest BCUT2D eigenvalue weighted by Crippen LogP contribution is 1.82. The zero-order chi connectivity index (χ0) is 7.40. The van der Waals surface area contributed by atoms with Crippen LogP contribution in [0.1, 0.15) is 0 Å². The lowest BCUT2D eigenvalue weighted by Crippen LogP contribution is -3.00. The first kappa shape index (κ1) is 10.5. The highest BCUT2D eigenvalue weighted by molar-refractivity contribution is 4.64. The molecule has 4 heteroatoms. The molecule has 0 aliphatic carbocycles. The second-order valence-corrected chi connectivity index (χ2v) is 2.31. The van der Waals surface area contributed by atoms with Crippen LogP contribution in [0.4, 0.5) is 0 Å². The number of nitrogens with zero attached hydrogens (tertiary/aromatic N) is 2. The van der Waals surface area contributed by atoms with Crippen LogP contribution in [0, 0.1) is 0 Å². The Labute approximate surface area is 73.0 Å². The normalized spacial score (nSPS) is 9.27. The van der Waals surface area contributed by atoms with Crippen LogP contribution in [0.25, 0.3) is 0 Å². The third kappa shape index (κ3) is 3.39. The van der Waals surface area contributed by atoms with Gasteiger partial charge in [0.05, 0.1) is 13.7 Å². The molecule has 1 aromatic rings. The van der Waals surface area contributed by atoms with Crippen LogP contribution in [0.2, 0.25) is 0 Å². The SMILES string of the molecule is COCCn1cc[n+](C)c1.[Cl-]. The number of hydrogen-bond acceptors (Lipinski definition) is 1. The summed E-state index contributed by atoms with van der Waals surface area (Å²) in [5, 5.41) is 0. The van der Waals surface area contributed by atoms with Gasteiger partial charge in [-0.1, -0.05) is 0 Å². The van der Waals surface area contributed by atoms with Gasteiger partial charge in [0.1, 0.15) is 18.9 Å². The summed E-state index contributed by atoms with van der Waals surface area (Å²) in [5.74, 6) is 0. The molecule has 0 fully saturated rings. The third-order valence-electron chi connectivity index (χ3n) is 1.38. The number of aryl methyl sites for hydroxylation is 1. The summed E-state index contributed by atoms with van der Waals surface area (Å²) in [7, 11) is 3.72. The van der Waals surface area contributed by atoms with Gasteiger partial charge < -0.3 is 17.1 Å². The minimum atomic E-state index is 0. The molecular weight excluding hydrogens is 164 g/mol. The van der Waals surface area contributed by atoms with Crippen molar-refractivity contribution in [3.05, 3.63) is 18.7 Å². The molecule has 1 rings (SSSR count). The largest absolute Gasteiger partial charge is 1.00 e. The first-order valence-electron chi connectivity index (χ1n) is 3.33. The molecule has 0 bridgehead atoms. The summed E-state index contributed by atoms with van der Waals surface area (Å²) in [5.41, 5.74) is 0. The minimum absolute atomic E-state index is 0. The monoisotopic (exact) mass is 176 g/mol. The smallest absolute Gasteiger partial charge is 0.243 e. The van der Waals surface area contributed by atoms with Gasteiger partial charge in [0, 0.05) is 7.11 Å². The number of hydrogen-bond donors (Lipinski definition) is 0. The third-order valence-corrected chi connectivity index (χ3v) is 1.38. The van der Waals surface area contributed by atoms with Crippen LogP contribution in [-0.2, 0) is 18.3 Å². The minimum Gasteiger partial charge on any atom is -1.00 e. The molecule has 0 saturated heterocycles. The fourth-order valence-corrected chi connectivity index (χ4v) is 0.831. The Bertz CT molecular complexity index is 200. The van der Waals surface area contributed by atoms with E-state index in [2.05, 4.69) is 4.57 Å². The standard InChI is InChI=1S/C7H13N2O.ClH/c1-8-3-4-9(7-8)5-6-10-2;/h3-4,7H,5-6H2,1-2H3;1H/q+1;/p-1. The first-order chi connectivity index (χ1) is 4.83. The van der Waals surface area contributed by atoms with E-state index in [1.54, 1.807) is 7.11 Å². The summed E-state index contributed by atoms with van der Waals surface area (Å²) in [6, 6.07) is 0. The van der Waals surface area contributed by atoms with Crippen molar-refractivity contribution in [2.75, 3.05) is 13.7 Å². The Morgan fingerprint density at radius 1 is 1.55 bits per heavy atom. The molecular formula is C7H13ClN2O. The van der Waals surface area contributed by atoms with Crippen molar-refractivity contribution < 1.29 is 21.7 Å². The van der Waals surface area contributed by atoms with Gasteiger partial charge in [-0.05, 0) is 0 Å². The quantitative estimate of drug-likeness (QED) is 0.448. The fourth-order valence-electron chi connectivity index (χ4n) is 0.831. The van der Waals surface area contributed by atoms with Crippen LogP contribution >= 0.6 is 0 Å². The van der Waals surface area contributed by atoms with Crippen molar-refractivity contribution >= 4 is 0 Å². The van der Waals surface area contributed by atoms with Crippen molar-refractivity contribution in [2.45, 2.75) is 6.54 Å². The van der Waals surface area contributed by atoms with E-state index in [4.69, 9.17) is 4.74 Å². The van der Waals surface area contributed by atoms with E-state index in [9.17, 15) is 0 Å². The Kier molecular flexibility index (Phi) is 4.90. The second-order valence-electron chi connectivity index (χ2n) is 2.31. The molecule has 0 atom stereocenters. The highest BCUT2D eigenvalue weighted by atomic mass is 35.5. The summed E-state index contributed by atoms with van der Waals surface area (Å²) < 4.78 is 9.02. The molecule has 0 aromatic carbocycles. The van der Waals surface area contributed by atoms with Crippen LogP contribution in [0.3, 0.4) is 0 Å². The van der Waals surface area contributed by atoms with Crippen molar-refractivity contribution in [1.29, 1.82) is 0 Å². The fraction of sp³-hybridized carbons (Fsp3) is 0.571. The number of ether oxygens (including phenoxy) is 1. The topological polar surface area (TPSA) is 18.0 Å². The van der Waals surface area contributed by atoms with E-state index in [1.165, 1.54) is 0 Å². The van der Waals surface area contributed by atoms with E-state index in [-0.39, 0.29) is 12.4 Å². The van der Waals surface area contributed by atoms with Gasteiger partial charge in [-0.25, -0.2) is 9.13 Å². The Balaban J connectivity index is 0.000001000. The summed E-state index contributed by atoms with van der Waals surface area (Å²) >= 11 is 0. The molecule has 0 radical (unpaired) electrons. The van der Waals surface area contributed by atoms with Gasteiger partial charge >= 0.3 is 0 Å². The van der Waals surface area contributed by atoms with Crippen molar-refractivity contribution in [2.24, 2.45) is 7.05 Å². The number of methoxy groups -OCH3 is 1. The molecule has 0 amide bonds. The molecule has 0 aliphatic rings. The van der Waals surface area contributed by atoms with Crippen LogP contribution in [-0.4, -0.2) is 18.3 Å². The van der Waals surface area contributed by atoms with Gasteiger partial charge in [-0.3, -0.25) is 0 Å². The van der Waals surface area contributed by atoms with E-state index in [0.717, 1.165) is 13.2 Å². The molecule has 3 nitrogen and oxygen atoms in total. The van der Waals surface area contributed by atoms with Gasteiger partial charge in [-0.2, -0.15) is 0 Å². The molecule has 0 spiro atoms. The summed E-state index contributed by atoms with van der Waals surface area (Å²) in [6.07, 6.45) is 6.06. The average Bonchev–Trinajstić information content (AvgIpc) is 2.31. The Morgan fingerprint density at radius 2 is 2.27 bits per heavy atom. The number of imidazole rings is 1. The lowest BCUT2D eigenvalue weighted by molar-refractivity contribution is -0.671. The Hall–Kier alpha value is -0.540. The van der Waals surface area contributed by atoms with Crippen molar-refractivity contribution in [3.63, 3.8) is 0 Å². The summed E-state index contributed by atoms with van der Waals surface area (Å²) in [4.78, 5) is 0. The van der Waals surface area contributed by atoms with Gasteiger partial charge in [0.15, 0.2) is 0 Å². The van der Waals surface area contributed by atoms with Crippen LogP contribution < -0.4 is 17.0 Å². The zero-order valence-corrected chi connectivity index (χ0v) is 7.58. The van der Waals surface area contributed by atoms with Crippen molar-refractivity contribution in [1.82, 2.24) is 4.57 Å². The molecule has 0 unspecified atom stereocenters. The van der Waals surface area contributed by atoms with Crippen LogP contribution in [0.5, 0.6) is 0 Å². The number of halogens is 1. The molecule has 0 saturated carbocycles. The molecule has 0 N–H and O–H groups in total. The lowest BCUT2D eigenvalue weighted by atomic mass is 10.7. The number of rotatable bonds is 3. The van der Waals surface area contributed by atoms with Gasteiger partial charge in [0.2, 0.25) is 6.33 Å². The zero-order valence-electron chi connectivity index (χ0n) is 6.83. The lowest BCUT2D eigenvalue weighted by Gasteiger charge is -1.92. The van der Waals surface area contributed by atoms with E-state index in [0.29, 0.717) is 0 Å². The predicted molar refractivity (Wildman–Crippen MR) is 37.5 cm³/mol. The molecule has 1 heterocycles. The molecule has 1 aromatic heterocycles. The van der Waals surface area contributed by atoms with Gasteiger partial charge in [-0.15, -0.1) is 0 Å². The van der Waals surface area contributed by atoms with E-state index >= 15 is 0 Å². The maximum absolute atomic E-state index is 4.92. The van der Waals surface area contributed by atoms with E-state index < -0.39 is 0 Å². The number of aromatic nitrogens is 2. The average molecular weight is 177 g/mol. The summed E-state index contributed by atoms with van der Waals surface area (Å²) in [6.45, 7) is 1.70. The maximum atomic E-state index is 4.92. The molecule has 11 heavy (non-hydrogen) atoms. The maximum Gasteiger partial charge on any atom is 0.243 e. The predicted octanol–water partition coefficient (Wildman–Crippen LogP) is -3.04.